The van der Waals surface area contributed by atoms with E-state index in [1.165, 1.54) is 4.90 Å². The van der Waals surface area contributed by atoms with Crippen molar-refractivity contribution in [3.05, 3.63) is 65.6 Å². The normalized spacial score (nSPS) is 21.4. The van der Waals surface area contributed by atoms with Gasteiger partial charge in [-0.3, -0.25) is 9.69 Å². The van der Waals surface area contributed by atoms with E-state index in [2.05, 4.69) is 10.3 Å². The number of imidazole rings is 1. The van der Waals surface area contributed by atoms with Crippen LogP contribution in [0.1, 0.15) is 23.2 Å². The molecule has 5 rings (SSSR count). The minimum atomic E-state index is -1.05. The summed E-state index contributed by atoms with van der Waals surface area (Å²) in [6, 6.07) is 10.9. The summed E-state index contributed by atoms with van der Waals surface area (Å²) in [5.74, 6) is 0.389. The number of hydrogen-bond donors (Lipinski definition) is 1. The van der Waals surface area contributed by atoms with Crippen LogP contribution in [-0.2, 0) is 16.9 Å². The largest absolute Gasteiger partial charge is 0.493 e. The highest BCUT2D eigenvalue weighted by Crippen LogP contribution is 2.41. The van der Waals surface area contributed by atoms with Crippen LogP contribution in [-0.4, -0.2) is 32.8 Å². The van der Waals surface area contributed by atoms with E-state index in [9.17, 15) is 9.59 Å². The molecule has 1 N–H and O–H groups in total. The first-order chi connectivity index (χ1) is 13.1. The molecule has 0 radical (unpaired) electrons. The number of fused-ring (bicyclic) bond motifs is 3. The molecule has 3 aromatic rings. The first-order valence-corrected chi connectivity index (χ1v) is 8.88. The Morgan fingerprint density at radius 2 is 2.07 bits per heavy atom. The van der Waals surface area contributed by atoms with Crippen LogP contribution in [0.15, 0.2) is 48.8 Å². The van der Waals surface area contributed by atoms with Gasteiger partial charge < -0.3 is 14.5 Å². The second kappa shape index (κ2) is 5.57. The van der Waals surface area contributed by atoms with Gasteiger partial charge in [-0.2, -0.15) is 0 Å². The molecule has 1 saturated heterocycles. The van der Waals surface area contributed by atoms with Crippen molar-refractivity contribution in [2.24, 2.45) is 0 Å². The zero-order chi connectivity index (χ0) is 18.6. The number of hydrogen-bond acceptors (Lipinski definition) is 4. The van der Waals surface area contributed by atoms with Gasteiger partial charge in [0.05, 0.1) is 18.8 Å². The molecule has 0 bridgehead atoms. The highest BCUT2D eigenvalue weighted by atomic mass is 16.5. The van der Waals surface area contributed by atoms with Gasteiger partial charge >= 0.3 is 6.03 Å². The van der Waals surface area contributed by atoms with Crippen molar-refractivity contribution in [2.75, 3.05) is 6.61 Å². The standard InChI is InChI=1S/C20H18N4O3/c1-13-5-4-9-23-11-14(21-17(13)23)12-24-18(25)20(22-19(24)26)8-10-27-16-7-3-2-6-15(16)20/h2-7,9,11H,8,10,12H2,1H3,(H,22,26). The molecule has 3 amide bonds. The predicted molar refractivity (Wildman–Crippen MR) is 97.2 cm³/mol. The number of ether oxygens (including phenoxy) is 1. The summed E-state index contributed by atoms with van der Waals surface area (Å²) in [4.78, 5) is 31.8. The number of nitrogens with zero attached hydrogens (tertiary/aromatic N) is 3. The molecule has 7 nitrogen and oxygen atoms in total. The maximum atomic E-state index is 13.3. The van der Waals surface area contributed by atoms with Crippen molar-refractivity contribution in [3.63, 3.8) is 0 Å². The van der Waals surface area contributed by atoms with E-state index >= 15 is 0 Å². The van der Waals surface area contributed by atoms with Crippen molar-refractivity contribution in [3.8, 4) is 5.75 Å². The first kappa shape index (κ1) is 15.9. The van der Waals surface area contributed by atoms with E-state index < -0.39 is 11.6 Å². The van der Waals surface area contributed by atoms with Gasteiger partial charge in [-0.15, -0.1) is 0 Å². The number of carbonyl (C=O) groups is 2. The van der Waals surface area contributed by atoms with Gasteiger partial charge in [-0.25, -0.2) is 9.78 Å². The third-order valence-electron chi connectivity index (χ3n) is 5.31. The molecule has 7 heteroatoms. The highest BCUT2D eigenvalue weighted by Gasteiger charge is 2.54. The third-order valence-corrected chi connectivity index (χ3v) is 5.31. The molecule has 1 aromatic carbocycles. The van der Waals surface area contributed by atoms with Crippen LogP contribution in [0.25, 0.3) is 5.65 Å². The van der Waals surface area contributed by atoms with Gasteiger partial charge in [0.1, 0.15) is 11.4 Å². The molecule has 2 aliphatic rings. The SMILES string of the molecule is Cc1cccn2cc(CN3C(=O)NC4(CCOc5ccccc54)C3=O)nc12. The Hall–Kier alpha value is -3.35. The van der Waals surface area contributed by atoms with E-state index in [1.54, 1.807) is 0 Å². The second-order valence-corrected chi connectivity index (χ2v) is 6.98. The molecule has 1 spiro atoms. The molecule has 0 aliphatic carbocycles. The van der Waals surface area contributed by atoms with Crippen molar-refractivity contribution >= 4 is 17.6 Å². The lowest BCUT2D eigenvalue weighted by molar-refractivity contribution is -0.133. The number of benzene rings is 1. The minimum absolute atomic E-state index is 0.135. The number of rotatable bonds is 2. The average molecular weight is 362 g/mol. The topological polar surface area (TPSA) is 75.9 Å². The molecular formula is C20H18N4O3. The van der Waals surface area contributed by atoms with Gasteiger partial charge in [-0.1, -0.05) is 24.3 Å². The average Bonchev–Trinajstić information content (AvgIpc) is 3.18. The second-order valence-electron chi connectivity index (χ2n) is 6.98. The minimum Gasteiger partial charge on any atom is -0.493 e. The maximum absolute atomic E-state index is 13.3. The first-order valence-electron chi connectivity index (χ1n) is 8.88. The number of aromatic nitrogens is 2. The monoisotopic (exact) mass is 362 g/mol. The van der Waals surface area contributed by atoms with Crippen LogP contribution in [0.5, 0.6) is 5.75 Å². The summed E-state index contributed by atoms with van der Waals surface area (Å²) >= 11 is 0. The predicted octanol–water partition coefficient (Wildman–Crippen LogP) is 2.37. The number of carbonyl (C=O) groups excluding carboxylic acids is 2. The highest BCUT2D eigenvalue weighted by molar-refractivity contribution is 6.07. The van der Waals surface area contributed by atoms with Gasteiger partial charge in [0, 0.05) is 24.4 Å². The fourth-order valence-corrected chi connectivity index (χ4v) is 3.96. The number of imide groups is 1. The Labute approximate surface area is 155 Å². The molecule has 1 atom stereocenters. The quantitative estimate of drug-likeness (QED) is 0.710. The molecule has 1 unspecified atom stereocenters. The van der Waals surface area contributed by atoms with Crippen LogP contribution in [0.3, 0.4) is 0 Å². The van der Waals surface area contributed by atoms with Crippen molar-refractivity contribution in [1.29, 1.82) is 0 Å². The maximum Gasteiger partial charge on any atom is 0.325 e. The zero-order valence-electron chi connectivity index (χ0n) is 14.8. The molecule has 2 aromatic heterocycles. The Bertz CT molecular complexity index is 1090. The molecule has 0 saturated carbocycles. The number of aryl methyl sites for hydroxylation is 1. The summed E-state index contributed by atoms with van der Waals surface area (Å²) in [5, 5.41) is 2.91. The van der Waals surface area contributed by atoms with E-state index in [4.69, 9.17) is 4.74 Å². The van der Waals surface area contributed by atoms with Crippen molar-refractivity contribution in [1.82, 2.24) is 19.6 Å². The van der Waals surface area contributed by atoms with E-state index in [1.807, 2.05) is 60.1 Å². The summed E-state index contributed by atoms with van der Waals surface area (Å²) < 4.78 is 7.57. The molecular weight excluding hydrogens is 344 g/mol. The van der Waals surface area contributed by atoms with Gasteiger partial charge in [0.25, 0.3) is 5.91 Å². The Morgan fingerprint density at radius 3 is 2.93 bits per heavy atom. The molecule has 1 fully saturated rings. The molecule has 27 heavy (non-hydrogen) atoms. The molecule has 4 heterocycles. The Balaban J connectivity index is 1.51. The van der Waals surface area contributed by atoms with Gasteiger partial charge in [0.15, 0.2) is 5.54 Å². The van der Waals surface area contributed by atoms with Crippen LogP contribution >= 0.6 is 0 Å². The molecule has 2 aliphatic heterocycles. The fraction of sp³-hybridized carbons (Fsp3) is 0.250. The lowest BCUT2D eigenvalue weighted by atomic mass is 9.84. The third kappa shape index (κ3) is 2.24. The van der Waals surface area contributed by atoms with Gasteiger partial charge in [0.2, 0.25) is 0 Å². The van der Waals surface area contributed by atoms with E-state index in [0.29, 0.717) is 30.0 Å². The number of amides is 3. The lowest BCUT2D eigenvalue weighted by Crippen LogP contribution is -2.47. The summed E-state index contributed by atoms with van der Waals surface area (Å²) in [6.07, 6.45) is 4.17. The Kier molecular flexibility index (Phi) is 3.28. The van der Waals surface area contributed by atoms with E-state index in [-0.39, 0.29) is 12.5 Å². The Morgan fingerprint density at radius 1 is 1.22 bits per heavy atom. The zero-order valence-corrected chi connectivity index (χ0v) is 14.8. The summed E-state index contributed by atoms with van der Waals surface area (Å²) in [7, 11) is 0. The molecule has 136 valence electrons. The summed E-state index contributed by atoms with van der Waals surface area (Å²) in [5.41, 5.74) is 2.19. The van der Waals surface area contributed by atoms with Gasteiger partial charge in [-0.05, 0) is 24.6 Å². The van der Waals surface area contributed by atoms with Crippen LogP contribution in [0, 0.1) is 6.92 Å². The van der Waals surface area contributed by atoms with Crippen molar-refractivity contribution in [2.45, 2.75) is 25.4 Å². The fourth-order valence-electron chi connectivity index (χ4n) is 3.96. The van der Waals surface area contributed by atoms with E-state index in [0.717, 1.165) is 11.2 Å². The number of pyridine rings is 1. The lowest BCUT2D eigenvalue weighted by Gasteiger charge is -2.33. The summed E-state index contributed by atoms with van der Waals surface area (Å²) in [6.45, 7) is 2.49. The number of para-hydroxylation sites is 1. The van der Waals surface area contributed by atoms with Crippen LogP contribution in [0.2, 0.25) is 0 Å². The van der Waals surface area contributed by atoms with Crippen molar-refractivity contribution < 1.29 is 14.3 Å². The van der Waals surface area contributed by atoms with Crippen LogP contribution < -0.4 is 10.1 Å². The smallest absolute Gasteiger partial charge is 0.325 e. The van der Waals surface area contributed by atoms with Crippen LogP contribution in [0.4, 0.5) is 4.79 Å². The number of urea groups is 1. The number of nitrogens with one attached hydrogen (secondary N) is 1.